The first kappa shape index (κ1) is 23.2. The second kappa shape index (κ2) is 9.91. The van der Waals surface area contributed by atoms with Gasteiger partial charge in [-0.15, -0.1) is 13.2 Å². The Hall–Kier alpha value is -3.94. The number of alkyl halides is 3. The molecule has 3 aromatic rings. The largest absolute Gasteiger partial charge is 0.573 e. The normalized spacial score (nSPS) is 12.9. The van der Waals surface area contributed by atoms with Crippen LogP contribution < -0.4 is 10.1 Å². The Morgan fingerprint density at radius 2 is 1.65 bits per heavy atom. The maximum absolute atomic E-state index is 12.2. The highest BCUT2D eigenvalue weighted by molar-refractivity contribution is 5.79. The lowest BCUT2D eigenvalue weighted by Crippen LogP contribution is -2.26. The molecule has 1 aliphatic carbocycles. The molecule has 34 heavy (non-hydrogen) atoms. The minimum Gasteiger partial charge on any atom is -0.507 e. The molecule has 0 fully saturated rings. The van der Waals surface area contributed by atoms with E-state index in [2.05, 4.69) is 22.2 Å². The Morgan fingerprint density at radius 1 is 1.00 bits per heavy atom. The Balaban J connectivity index is 1.25. The molecule has 1 amide bonds. The number of amides is 1. The number of hydrogen-bond donors (Lipinski definition) is 2. The van der Waals surface area contributed by atoms with E-state index in [0.717, 1.165) is 34.4 Å². The number of aromatic hydroxyl groups is 1. The molecule has 0 bridgehead atoms. The minimum atomic E-state index is -4.82. The van der Waals surface area contributed by atoms with Crippen LogP contribution in [-0.4, -0.2) is 30.7 Å². The molecule has 8 heteroatoms. The highest BCUT2D eigenvalue weighted by atomic mass is 19.4. The van der Waals surface area contributed by atoms with Crippen molar-refractivity contribution >= 4 is 12.2 Å². The van der Waals surface area contributed by atoms with Gasteiger partial charge < -0.3 is 19.9 Å². The summed E-state index contributed by atoms with van der Waals surface area (Å²) in [4.78, 5) is 12.2. The van der Waals surface area contributed by atoms with Crippen LogP contribution in [0.2, 0.25) is 0 Å². The first-order chi connectivity index (χ1) is 16.3. The molecule has 0 atom stereocenters. The number of carbonyl (C=O) groups is 1. The zero-order valence-corrected chi connectivity index (χ0v) is 18.0. The second-order valence-corrected chi connectivity index (χ2v) is 7.71. The van der Waals surface area contributed by atoms with Crippen LogP contribution in [0.4, 0.5) is 18.0 Å². The average molecular weight is 469 g/mol. The molecule has 1 aliphatic rings. The van der Waals surface area contributed by atoms with Crippen LogP contribution in [0.1, 0.15) is 29.0 Å². The topological polar surface area (TPSA) is 67.8 Å². The van der Waals surface area contributed by atoms with Gasteiger partial charge in [0.2, 0.25) is 0 Å². The quantitative estimate of drug-likeness (QED) is 0.403. The van der Waals surface area contributed by atoms with E-state index in [1.807, 2.05) is 36.4 Å². The molecular formula is C26H22F3NO4. The molecule has 2 N–H and O–H groups in total. The predicted octanol–water partition coefficient (Wildman–Crippen LogP) is 6.23. The molecule has 0 heterocycles. The fraction of sp³-hybridized carbons (Fsp3) is 0.192. The zero-order chi connectivity index (χ0) is 24.1. The molecule has 3 aromatic carbocycles. The number of ether oxygens (including phenoxy) is 2. The van der Waals surface area contributed by atoms with Crippen LogP contribution in [-0.2, 0) is 4.74 Å². The summed E-state index contributed by atoms with van der Waals surface area (Å²) in [5.41, 5.74) is 4.89. The van der Waals surface area contributed by atoms with Crippen LogP contribution in [0.3, 0.4) is 0 Å². The van der Waals surface area contributed by atoms with Gasteiger partial charge in [-0.25, -0.2) is 4.79 Å². The lowest BCUT2D eigenvalue weighted by atomic mass is 9.98. The van der Waals surface area contributed by atoms with Crippen LogP contribution in [0.5, 0.6) is 11.5 Å². The van der Waals surface area contributed by atoms with E-state index in [1.54, 1.807) is 12.2 Å². The summed E-state index contributed by atoms with van der Waals surface area (Å²) in [5.74, 6) is -0.869. The smallest absolute Gasteiger partial charge is 0.507 e. The Kier molecular flexibility index (Phi) is 6.77. The maximum atomic E-state index is 12.2. The van der Waals surface area contributed by atoms with Crippen LogP contribution in [0.15, 0.2) is 72.8 Å². The number of hydrogen-bond acceptors (Lipinski definition) is 4. The SMILES string of the molecule is O=C(NCCC=Cc1ccc(OC(F)(F)F)cc1O)OCC1c2ccccc2-c2ccccc21. The lowest BCUT2D eigenvalue weighted by molar-refractivity contribution is -0.274. The number of fused-ring (bicyclic) bond motifs is 3. The molecule has 0 saturated heterocycles. The average Bonchev–Trinajstić information content (AvgIpc) is 3.11. The van der Waals surface area contributed by atoms with Crippen molar-refractivity contribution < 1.29 is 32.5 Å². The van der Waals surface area contributed by atoms with Crippen molar-refractivity contribution in [3.63, 3.8) is 0 Å². The molecule has 0 radical (unpaired) electrons. The highest BCUT2D eigenvalue weighted by Crippen LogP contribution is 2.44. The number of rotatable bonds is 7. The summed E-state index contributed by atoms with van der Waals surface area (Å²) < 4.78 is 45.9. The third-order valence-corrected chi connectivity index (χ3v) is 5.46. The molecule has 0 unspecified atom stereocenters. The van der Waals surface area contributed by atoms with Gasteiger partial charge in [0.1, 0.15) is 18.1 Å². The van der Waals surface area contributed by atoms with E-state index < -0.39 is 18.2 Å². The number of halogens is 3. The summed E-state index contributed by atoms with van der Waals surface area (Å²) in [5, 5.41) is 12.5. The van der Waals surface area contributed by atoms with Gasteiger partial charge in [0.15, 0.2) is 0 Å². The standard InChI is InChI=1S/C26H22F3NO4/c27-26(28,29)34-18-13-12-17(24(31)15-18)7-5-6-14-30-25(32)33-16-23-21-10-3-1-8-19(21)20-9-2-4-11-22(20)23/h1-5,7-13,15,23,31H,6,14,16H2,(H,30,32). The monoisotopic (exact) mass is 469 g/mol. The van der Waals surface area contributed by atoms with Crippen molar-refractivity contribution in [2.24, 2.45) is 0 Å². The van der Waals surface area contributed by atoms with Crippen LogP contribution >= 0.6 is 0 Å². The Morgan fingerprint density at radius 3 is 2.26 bits per heavy atom. The first-order valence-corrected chi connectivity index (χ1v) is 10.7. The van der Waals surface area contributed by atoms with Crippen molar-refractivity contribution in [3.05, 3.63) is 89.5 Å². The van der Waals surface area contributed by atoms with Crippen molar-refractivity contribution in [2.45, 2.75) is 18.7 Å². The predicted molar refractivity (Wildman–Crippen MR) is 122 cm³/mol. The molecule has 5 nitrogen and oxygen atoms in total. The number of carbonyl (C=O) groups excluding carboxylic acids is 1. The second-order valence-electron chi connectivity index (χ2n) is 7.71. The van der Waals surface area contributed by atoms with Gasteiger partial charge in [0.05, 0.1) is 0 Å². The first-order valence-electron chi connectivity index (χ1n) is 10.7. The summed E-state index contributed by atoms with van der Waals surface area (Å²) in [7, 11) is 0. The van der Waals surface area contributed by atoms with Gasteiger partial charge in [-0.1, -0.05) is 60.7 Å². The van der Waals surface area contributed by atoms with E-state index in [4.69, 9.17) is 4.74 Å². The van der Waals surface area contributed by atoms with Gasteiger partial charge in [-0.05, 0) is 40.8 Å². The number of phenolic OH excluding ortho intramolecular Hbond substituents is 1. The summed E-state index contributed by atoms with van der Waals surface area (Å²) >= 11 is 0. The van der Waals surface area contributed by atoms with E-state index in [-0.39, 0.29) is 18.3 Å². The molecule has 4 rings (SSSR count). The number of phenols is 1. The van der Waals surface area contributed by atoms with Crippen molar-refractivity contribution in [1.82, 2.24) is 5.32 Å². The molecule has 0 saturated carbocycles. The zero-order valence-electron chi connectivity index (χ0n) is 18.0. The third kappa shape index (κ3) is 5.51. The lowest BCUT2D eigenvalue weighted by Gasteiger charge is -2.14. The van der Waals surface area contributed by atoms with E-state index in [1.165, 1.54) is 6.07 Å². The summed E-state index contributed by atoms with van der Waals surface area (Å²) in [6.45, 7) is 0.513. The molecule has 0 spiro atoms. The van der Waals surface area contributed by atoms with Crippen LogP contribution in [0, 0.1) is 0 Å². The molecule has 0 aliphatic heterocycles. The fourth-order valence-corrected chi connectivity index (χ4v) is 3.98. The third-order valence-electron chi connectivity index (χ3n) is 5.46. The van der Waals surface area contributed by atoms with Crippen molar-refractivity contribution in [2.75, 3.05) is 13.2 Å². The molecule has 176 valence electrons. The van der Waals surface area contributed by atoms with Gasteiger partial charge in [-0.3, -0.25) is 0 Å². The van der Waals surface area contributed by atoms with E-state index in [0.29, 0.717) is 18.5 Å². The maximum Gasteiger partial charge on any atom is 0.573 e. The molecular weight excluding hydrogens is 447 g/mol. The Labute approximate surface area is 194 Å². The van der Waals surface area contributed by atoms with Crippen LogP contribution in [0.25, 0.3) is 17.2 Å². The van der Waals surface area contributed by atoms with Crippen molar-refractivity contribution in [1.29, 1.82) is 0 Å². The summed E-state index contributed by atoms with van der Waals surface area (Å²) in [6, 6.07) is 19.5. The molecule has 0 aromatic heterocycles. The fourth-order valence-electron chi connectivity index (χ4n) is 3.98. The van der Waals surface area contributed by atoms with Crippen molar-refractivity contribution in [3.8, 4) is 22.6 Å². The van der Waals surface area contributed by atoms with E-state index in [9.17, 15) is 23.1 Å². The minimum absolute atomic E-state index is 0.0229. The Bertz CT molecular complexity index is 1160. The van der Waals surface area contributed by atoms with Gasteiger partial charge in [-0.2, -0.15) is 0 Å². The van der Waals surface area contributed by atoms with E-state index >= 15 is 0 Å². The highest BCUT2D eigenvalue weighted by Gasteiger charge is 2.31. The number of alkyl carbamates (subject to hydrolysis) is 1. The van der Waals surface area contributed by atoms with Gasteiger partial charge in [0.25, 0.3) is 0 Å². The van der Waals surface area contributed by atoms with Gasteiger partial charge >= 0.3 is 12.5 Å². The van der Waals surface area contributed by atoms with Gasteiger partial charge in [0, 0.05) is 24.1 Å². The number of nitrogens with one attached hydrogen (secondary N) is 1. The number of benzene rings is 3. The summed E-state index contributed by atoms with van der Waals surface area (Å²) in [6.07, 6.45) is -1.69.